The second-order valence-corrected chi connectivity index (χ2v) is 9.06. The van der Waals surface area contributed by atoms with Gasteiger partial charge in [-0.05, 0) is 50.0 Å². The highest BCUT2D eigenvalue weighted by Crippen LogP contribution is 2.38. The Hall–Kier alpha value is -4.18. The molecule has 0 bridgehead atoms. The molecule has 0 radical (unpaired) electrons. The number of nitrogens with zero attached hydrogens (tertiary/aromatic N) is 6. The van der Waals surface area contributed by atoms with Gasteiger partial charge in [-0.15, -0.1) is 0 Å². The summed E-state index contributed by atoms with van der Waals surface area (Å²) in [6, 6.07) is 6.90. The Bertz CT molecular complexity index is 1490. The standard InChI is InChI=1S/C27H27F2N7O/c1-5-18-20(30-2)6-7-21(26(18)29)34-27-25-22(31-15-32-27)10-16(17-12-33-36(4)13-17)11-24(25)37-23-8-9-35(3)14-19(23)28/h5-7,10-13,15,19,23H,1-2,8-9,14H2,3-4H3,(H,31,32,34). The van der Waals surface area contributed by atoms with Gasteiger partial charge in [0.2, 0.25) is 0 Å². The number of fused-ring (bicyclic) bond motifs is 1. The number of benzene rings is 2. The van der Waals surface area contributed by atoms with Gasteiger partial charge in [0.05, 0.1) is 28.5 Å². The molecule has 0 spiro atoms. The number of ether oxygens (including phenoxy) is 1. The van der Waals surface area contributed by atoms with Crippen molar-refractivity contribution in [3.63, 3.8) is 0 Å². The van der Waals surface area contributed by atoms with Gasteiger partial charge >= 0.3 is 0 Å². The average molecular weight is 504 g/mol. The maximum absolute atomic E-state index is 15.3. The zero-order chi connectivity index (χ0) is 26.1. The molecular formula is C27H27F2N7O. The van der Waals surface area contributed by atoms with Crippen LogP contribution in [0.2, 0.25) is 0 Å². The molecule has 2 unspecified atom stereocenters. The van der Waals surface area contributed by atoms with Crippen LogP contribution in [0.3, 0.4) is 0 Å². The van der Waals surface area contributed by atoms with Crippen molar-refractivity contribution in [2.75, 3.05) is 25.5 Å². The van der Waals surface area contributed by atoms with Crippen LogP contribution in [0.5, 0.6) is 5.75 Å². The molecule has 3 heterocycles. The van der Waals surface area contributed by atoms with E-state index in [1.807, 2.05) is 37.3 Å². The minimum Gasteiger partial charge on any atom is -0.486 e. The van der Waals surface area contributed by atoms with Gasteiger partial charge in [-0.1, -0.05) is 12.7 Å². The first-order valence-electron chi connectivity index (χ1n) is 11.8. The Kier molecular flexibility index (Phi) is 6.66. The Balaban J connectivity index is 1.63. The molecule has 1 aliphatic heterocycles. The number of halogens is 2. The number of hydrogen-bond donors (Lipinski definition) is 1. The second kappa shape index (κ2) is 10.1. The van der Waals surface area contributed by atoms with Crippen LogP contribution in [0, 0.1) is 5.82 Å². The zero-order valence-corrected chi connectivity index (χ0v) is 20.7. The summed E-state index contributed by atoms with van der Waals surface area (Å²) >= 11 is 0. The van der Waals surface area contributed by atoms with E-state index in [1.165, 1.54) is 12.4 Å². The Morgan fingerprint density at radius 1 is 1.22 bits per heavy atom. The normalized spacial score (nSPS) is 18.1. The maximum atomic E-state index is 15.3. The number of likely N-dealkylation sites (tertiary alicyclic amines) is 1. The summed E-state index contributed by atoms with van der Waals surface area (Å²) in [5, 5.41) is 7.84. The van der Waals surface area contributed by atoms with Crippen molar-refractivity contribution in [3.8, 4) is 16.9 Å². The van der Waals surface area contributed by atoms with E-state index in [-0.39, 0.29) is 17.8 Å². The largest absolute Gasteiger partial charge is 0.486 e. The van der Waals surface area contributed by atoms with E-state index < -0.39 is 18.1 Å². The molecule has 1 saturated heterocycles. The van der Waals surface area contributed by atoms with Gasteiger partial charge < -0.3 is 15.0 Å². The second-order valence-electron chi connectivity index (χ2n) is 9.06. The molecule has 0 amide bonds. The third-order valence-corrected chi connectivity index (χ3v) is 6.49. The highest BCUT2D eigenvalue weighted by molar-refractivity contribution is 5.98. The number of piperidine rings is 1. The number of anilines is 2. The predicted octanol–water partition coefficient (Wildman–Crippen LogP) is 5.31. The smallest absolute Gasteiger partial charge is 0.156 e. The first kappa shape index (κ1) is 24.5. The minimum atomic E-state index is -1.16. The molecule has 2 atom stereocenters. The van der Waals surface area contributed by atoms with Crippen LogP contribution in [0.4, 0.5) is 26.0 Å². The third-order valence-electron chi connectivity index (χ3n) is 6.49. The molecule has 1 N–H and O–H groups in total. The summed E-state index contributed by atoms with van der Waals surface area (Å²) in [5.74, 6) is 0.194. The molecule has 1 aliphatic rings. The van der Waals surface area contributed by atoms with E-state index in [9.17, 15) is 4.39 Å². The van der Waals surface area contributed by atoms with Crippen LogP contribution in [0.1, 0.15) is 12.0 Å². The van der Waals surface area contributed by atoms with Crippen LogP contribution in [0.15, 0.2) is 54.6 Å². The number of aliphatic imine (C=N–C) groups is 1. The predicted molar refractivity (Wildman–Crippen MR) is 142 cm³/mol. The van der Waals surface area contributed by atoms with Gasteiger partial charge in [0.1, 0.15) is 30.2 Å². The molecule has 8 nitrogen and oxygen atoms in total. The van der Waals surface area contributed by atoms with Crippen molar-refractivity contribution < 1.29 is 13.5 Å². The fraction of sp³-hybridized carbons (Fsp3) is 0.259. The average Bonchev–Trinajstić information content (AvgIpc) is 3.33. The number of nitrogens with one attached hydrogen (secondary N) is 1. The van der Waals surface area contributed by atoms with E-state index >= 15 is 4.39 Å². The molecule has 0 saturated carbocycles. The Morgan fingerprint density at radius 3 is 2.76 bits per heavy atom. The van der Waals surface area contributed by atoms with Crippen molar-refractivity contribution in [1.82, 2.24) is 24.6 Å². The first-order valence-corrected chi connectivity index (χ1v) is 11.8. The minimum absolute atomic E-state index is 0.173. The number of aromatic nitrogens is 4. The van der Waals surface area contributed by atoms with E-state index in [0.29, 0.717) is 41.1 Å². The van der Waals surface area contributed by atoms with Gasteiger partial charge in [-0.2, -0.15) is 5.10 Å². The lowest BCUT2D eigenvalue weighted by Gasteiger charge is -2.32. The topological polar surface area (TPSA) is 80.5 Å². The van der Waals surface area contributed by atoms with Crippen molar-refractivity contribution >= 4 is 40.9 Å². The van der Waals surface area contributed by atoms with E-state index in [0.717, 1.165) is 11.1 Å². The lowest BCUT2D eigenvalue weighted by atomic mass is 10.0. The molecule has 0 aliphatic carbocycles. The van der Waals surface area contributed by atoms with Gasteiger partial charge in [0.25, 0.3) is 0 Å². The Labute approximate surface area is 213 Å². The molecule has 2 aromatic heterocycles. The summed E-state index contributed by atoms with van der Waals surface area (Å²) in [6.45, 7) is 8.17. The molecule has 2 aromatic carbocycles. The van der Waals surface area contributed by atoms with Crippen LogP contribution >= 0.6 is 0 Å². The molecule has 4 aromatic rings. The van der Waals surface area contributed by atoms with E-state index in [1.54, 1.807) is 23.0 Å². The number of aryl methyl sites for hydroxylation is 1. The fourth-order valence-corrected chi connectivity index (χ4v) is 4.55. The zero-order valence-electron chi connectivity index (χ0n) is 20.7. The van der Waals surface area contributed by atoms with Gasteiger partial charge in [0, 0.05) is 37.5 Å². The quantitative estimate of drug-likeness (QED) is 0.345. The summed E-state index contributed by atoms with van der Waals surface area (Å²) in [6.07, 6.45) is 5.11. The van der Waals surface area contributed by atoms with Gasteiger partial charge in [-0.25, -0.2) is 18.7 Å². The highest BCUT2D eigenvalue weighted by Gasteiger charge is 2.30. The lowest BCUT2D eigenvalue weighted by Crippen LogP contribution is -2.45. The van der Waals surface area contributed by atoms with E-state index in [4.69, 9.17) is 4.74 Å². The molecular weight excluding hydrogens is 476 g/mol. The van der Waals surface area contributed by atoms with E-state index in [2.05, 4.69) is 38.7 Å². The monoisotopic (exact) mass is 503 g/mol. The van der Waals surface area contributed by atoms with Crippen molar-refractivity contribution in [3.05, 3.63) is 60.9 Å². The van der Waals surface area contributed by atoms with Crippen LogP contribution in [-0.2, 0) is 7.05 Å². The fourth-order valence-electron chi connectivity index (χ4n) is 4.55. The lowest BCUT2D eigenvalue weighted by molar-refractivity contribution is 0.0323. The molecule has 190 valence electrons. The summed E-state index contributed by atoms with van der Waals surface area (Å²) < 4.78 is 38.3. The van der Waals surface area contributed by atoms with Crippen molar-refractivity contribution in [2.45, 2.75) is 18.7 Å². The molecule has 5 rings (SSSR count). The molecule has 1 fully saturated rings. The van der Waals surface area contributed by atoms with Crippen molar-refractivity contribution in [2.24, 2.45) is 12.0 Å². The maximum Gasteiger partial charge on any atom is 0.156 e. The van der Waals surface area contributed by atoms with Gasteiger partial charge in [0.15, 0.2) is 5.82 Å². The van der Waals surface area contributed by atoms with Crippen LogP contribution in [-0.4, -0.2) is 63.8 Å². The summed E-state index contributed by atoms with van der Waals surface area (Å²) in [5.41, 5.74) is 3.01. The Morgan fingerprint density at radius 2 is 2.05 bits per heavy atom. The van der Waals surface area contributed by atoms with Crippen molar-refractivity contribution in [1.29, 1.82) is 0 Å². The van der Waals surface area contributed by atoms with Gasteiger partial charge in [-0.3, -0.25) is 9.67 Å². The van der Waals surface area contributed by atoms with Crippen LogP contribution < -0.4 is 10.1 Å². The first-order chi connectivity index (χ1) is 17.9. The molecule has 37 heavy (non-hydrogen) atoms. The van der Waals surface area contributed by atoms with Crippen LogP contribution in [0.25, 0.3) is 28.1 Å². The summed E-state index contributed by atoms with van der Waals surface area (Å²) in [7, 11) is 3.72. The SMILES string of the molecule is C=Cc1c(N=C)ccc(Nc2ncnc3cc(-c4cnn(C)c4)cc(OC4CCN(C)CC4F)c23)c1F. The number of rotatable bonds is 7. The summed E-state index contributed by atoms with van der Waals surface area (Å²) in [4.78, 5) is 14.6. The third kappa shape index (κ3) is 4.79. The number of hydrogen-bond acceptors (Lipinski definition) is 7. The number of alkyl halides is 1. The highest BCUT2D eigenvalue weighted by atomic mass is 19.1. The molecule has 10 heteroatoms.